The Kier molecular flexibility index (Phi) is 7.44. The molecule has 2 aromatic heterocycles. The maximum absolute atomic E-state index is 14.0. The highest BCUT2D eigenvalue weighted by Gasteiger charge is 2.28. The van der Waals surface area contributed by atoms with E-state index in [1.807, 2.05) is 59.7 Å². The summed E-state index contributed by atoms with van der Waals surface area (Å²) in [6, 6.07) is 19.4. The molecule has 8 heteroatoms. The Morgan fingerprint density at radius 1 is 1.19 bits per heavy atom. The Labute approximate surface area is 213 Å². The second-order valence-corrected chi connectivity index (χ2v) is 9.64. The molecule has 6 nitrogen and oxygen atoms in total. The molecule has 1 aliphatic heterocycles. The normalized spacial score (nSPS) is 15.2. The van der Waals surface area contributed by atoms with Crippen molar-refractivity contribution in [2.75, 3.05) is 13.2 Å². The van der Waals surface area contributed by atoms with Crippen LogP contribution in [0.5, 0.6) is 11.6 Å². The van der Waals surface area contributed by atoms with Gasteiger partial charge < -0.3 is 14.4 Å². The Morgan fingerprint density at radius 2 is 2.06 bits per heavy atom. The minimum Gasteiger partial charge on any atom is -0.438 e. The first-order valence-corrected chi connectivity index (χ1v) is 13.0. The van der Waals surface area contributed by atoms with E-state index in [-0.39, 0.29) is 17.8 Å². The fraction of sp³-hybridized carbons (Fsp3) is 0.286. The summed E-state index contributed by atoms with van der Waals surface area (Å²) in [5.41, 5.74) is 2.44. The fourth-order valence-electron chi connectivity index (χ4n) is 4.41. The standard InChI is InChI=1S/C28H28FN3O3S/c1-2-25-24(19-31(18-23-13-7-15-34-23)27(33)26-14-8-16-36-26)28(35-22-12-6-9-20(29)17-22)32(30-25)21-10-4-3-5-11-21/h3-6,8-12,14,16-17,23H,2,7,13,15,18-19H2,1H3/t23-/m1/s1. The van der Waals surface area contributed by atoms with Gasteiger partial charge in [0, 0.05) is 19.2 Å². The molecule has 0 bridgehead atoms. The quantitative estimate of drug-likeness (QED) is 0.270. The minimum atomic E-state index is -0.386. The molecule has 0 spiro atoms. The topological polar surface area (TPSA) is 56.6 Å². The summed E-state index contributed by atoms with van der Waals surface area (Å²) in [5, 5.41) is 6.76. The molecule has 5 rings (SSSR count). The lowest BCUT2D eigenvalue weighted by atomic mass is 10.1. The summed E-state index contributed by atoms with van der Waals surface area (Å²) in [6.07, 6.45) is 2.56. The van der Waals surface area contributed by atoms with Gasteiger partial charge in [-0.1, -0.05) is 37.3 Å². The summed E-state index contributed by atoms with van der Waals surface area (Å²) in [4.78, 5) is 16.1. The molecule has 1 amide bonds. The van der Waals surface area contributed by atoms with Crippen molar-refractivity contribution in [2.45, 2.75) is 38.8 Å². The maximum Gasteiger partial charge on any atom is 0.264 e. The predicted molar refractivity (Wildman–Crippen MR) is 137 cm³/mol. The lowest BCUT2D eigenvalue weighted by Crippen LogP contribution is -2.36. The number of aryl methyl sites for hydroxylation is 1. The van der Waals surface area contributed by atoms with Gasteiger partial charge in [-0.25, -0.2) is 9.07 Å². The van der Waals surface area contributed by atoms with Crippen LogP contribution in [0.25, 0.3) is 5.69 Å². The zero-order valence-corrected chi connectivity index (χ0v) is 20.9. The summed E-state index contributed by atoms with van der Waals surface area (Å²) in [5.74, 6) is 0.404. The molecule has 1 aliphatic rings. The van der Waals surface area contributed by atoms with Crippen LogP contribution >= 0.6 is 11.3 Å². The zero-order chi connectivity index (χ0) is 24.9. The Morgan fingerprint density at radius 3 is 2.75 bits per heavy atom. The lowest BCUT2D eigenvalue weighted by molar-refractivity contribution is 0.0509. The average Bonchev–Trinajstić information content (AvgIpc) is 3.67. The number of para-hydroxylation sites is 1. The third kappa shape index (κ3) is 5.34. The second kappa shape index (κ2) is 11.1. The molecular weight excluding hydrogens is 477 g/mol. The number of rotatable bonds is 9. The summed E-state index contributed by atoms with van der Waals surface area (Å²) in [6.45, 7) is 3.53. The Hall–Kier alpha value is -3.49. The molecule has 0 aliphatic carbocycles. The first-order valence-electron chi connectivity index (χ1n) is 12.2. The average molecular weight is 506 g/mol. The van der Waals surface area contributed by atoms with Gasteiger partial charge in [-0.15, -0.1) is 11.3 Å². The third-order valence-corrected chi connectivity index (χ3v) is 7.04. The van der Waals surface area contributed by atoms with E-state index >= 15 is 0 Å². The number of halogens is 1. The van der Waals surface area contributed by atoms with Gasteiger partial charge in [0.2, 0.25) is 5.88 Å². The number of carbonyl (C=O) groups excluding carboxylic acids is 1. The van der Waals surface area contributed by atoms with Gasteiger partial charge in [-0.2, -0.15) is 5.10 Å². The summed E-state index contributed by atoms with van der Waals surface area (Å²) < 4.78 is 27.9. The maximum atomic E-state index is 14.0. The van der Waals surface area contributed by atoms with E-state index in [0.29, 0.717) is 42.6 Å². The van der Waals surface area contributed by atoms with Crippen LogP contribution in [0.2, 0.25) is 0 Å². The first kappa shape index (κ1) is 24.2. The highest BCUT2D eigenvalue weighted by molar-refractivity contribution is 7.12. The molecular formula is C28H28FN3O3S. The molecule has 1 saturated heterocycles. The van der Waals surface area contributed by atoms with Crippen molar-refractivity contribution >= 4 is 17.2 Å². The Bertz CT molecular complexity index is 1300. The van der Waals surface area contributed by atoms with Crippen LogP contribution in [0.15, 0.2) is 72.1 Å². The van der Waals surface area contributed by atoms with Crippen molar-refractivity contribution in [3.05, 3.63) is 94.1 Å². The predicted octanol–water partition coefficient (Wildman–Crippen LogP) is 6.25. The van der Waals surface area contributed by atoms with E-state index in [4.69, 9.17) is 14.6 Å². The van der Waals surface area contributed by atoms with Crippen molar-refractivity contribution in [1.29, 1.82) is 0 Å². The van der Waals surface area contributed by atoms with E-state index in [9.17, 15) is 9.18 Å². The van der Waals surface area contributed by atoms with E-state index in [0.717, 1.165) is 29.8 Å². The molecule has 3 heterocycles. The van der Waals surface area contributed by atoms with Gasteiger partial charge in [-0.3, -0.25) is 4.79 Å². The highest BCUT2D eigenvalue weighted by Crippen LogP contribution is 2.33. The minimum absolute atomic E-state index is 0.00394. The van der Waals surface area contributed by atoms with E-state index in [1.54, 1.807) is 16.8 Å². The van der Waals surface area contributed by atoms with Crippen LogP contribution in [-0.2, 0) is 17.7 Å². The molecule has 0 radical (unpaired) electrons. The number of nitrogens with zero attached hydrogens (tertiary/aromatic N) is 3. The molecule has 2 aromatic carbocycles. The van der Waals surface area contributed by atoms with Crippen molar-refractivity contribution in [1.82, 2.24) is 14.7 Å². The molecule has 1 atom stereocenters. The van der Waals surface area contributed by atoms with Crippen molar-refractivity contribution in [3.63, 3.8) is 0 Å². The van der Waals surface area contributed by atoms with Gasteiger partial charge in [0.1, 0.15) is 11.6 Å². The zero-order valence-electron chi connectivity index (χ0n) is 20.1. The van der Waals surface area contributed by atoms with Gasteiger partial charge in [-0.05, 0) is 55.0 Å². The van der Waals surface area contributed by atoms with Crippen LogP contribution in [0.3, 0.4) is 0 Å². The highest BCUT2D eigenvalue weighted by atomic mass is 32.1. The van der Waals surface area contributed by atoms with Crippen LogP contribution in [0.4, 0.5) is 4.39 Å². The lowest BCUT2D eigenvalue weighted by Gasteiger charge is -2.25. The first-order chi connectivity index (χ1) is 17.6. The van der Waals surface area contributed by atoms with Crippen LogP contribution < -0.4 is 4.74 Å². The van der Waals surface area contributed by atoms with Crippen LogP contribution in [0, 0.1) is 5.82 Å². The monoisotopic (exact) mass is 505 g/mol. The number of amides is 1. The molecule has 4 aromatic rings. The number of hydrogen-bond acceptors (Lipinski definition) is 5. The number of benzene rings is 2. The third-order valence-electron chi connectivity index (χ3n) is 6.18. The second-order valence-electron chi connectivity index (χ2n) is 8.69. The molecule has 186 valence electrons. The molecule has 0 saturated carbocycles. The Balaban J connectivity index is 1.57. The van der Waals surface area contributed by atoms with E-state index in [1.165, 1.54) is 23.5 Å². The van der Waals surface area contributed by atoms with Gasteiger partial charge >= 0.3 is 0 Å². The smallest absolute Gasteiger partial charge is 0.264 e. The van der Waals surface area contributed by atoms with Crippen LogP contribution in [0.1, 0.15) is 40.7 Å². The molecule has 1 fully saturated rings. The molecule has 0 unspecified atom stereocenters. The summed E-state index contributed by atoms with van der Waals surface area (Å²) >= 11 is 1.42. The number of thiophene rings is 1. The van der Waals surface area contributed by atoms with Crippen molar-refractivity contribution in [3.8, 4) is 17.3 Å². The number of ether oxygens (including phenoxy) is 2. The van der Waals surface area contributed by atoms with Gasteiger partial charge in [0.25, 0.3) is 5.91 Å². The van der Waals surface area contributed by atoms with Gasteiger partial charge in [0.15, 0.2) is 0 Å². The van der Waals surface area contributed by atoms with E-state index < -0.39 is 0 Å². The van der Waals surface area contributed by atoms with Crippen molar-refractivity contribution < 1.29 is 18.7 Å². The molecule has 36 heavy (non-hydrogen) atoms. The largest absolute Gasteiger partial charge is 0.438 e. The molecule has 0 N–H and O–H groups in total. The van der Waals surface area contributed by atoms with Crippen LogP contribution in [-0.4, -0.2) is 39.8 Å². The van der Waals surface area contributed by atoms with Gasteiger partial charge in [0.05, 0.1) is 34.5 Å². The number of aromatic nitrogens is 2. The SMILES string of the molecule is CCc1nn(-c2ccccc2)c(Oc2cccc(F)c2)c1CN(C[C@H]1CCCO1)C(=O)c1cccs1. The van der Waals surface area contributed by atoms with E-state index in [2.05, 4.69) is 0 Å². The van der Waals surface area contributed by atoms with Crippen molar-refractivity contribution in [2.24, 2.45) is 0 Å². The number of carbonyl (C=O) groups is 1. The number of hydrogen-bond donors (Lipinski definition) is 0. The summed E-state index contributed by atoms with van der Waals surface area (Å²) in [7, 11) is 0. The fourth-order valence-corrected chi connectivity index (χ4v) is 5.10.